The van der Waals surface area contributed by atoms with Crippen LogP contribution in [0.1, 0.15) is 60.6 Å². The highest BCUT2D eigenvalue weighted by atomic mass is 19.1. The summed E-state index contributed by atoms with van der Waals surface area (Å²) in [6.07, 6.45) is 5.23. The van der Waals surface area contributed by atoms with Crippen LogP contribution in [0.25, 0.3) is 11.3 Å². The molecule has 3 fully saturated rings. The van der Waals surface area contributed by atoms with Crippen LogP contribution in [0.3, 0.4) is 0 Å². The molecular weight excluding hydrogens is 354 g/mol. The lowest BCUT2D eigenvalue weighted by atomic mass is 10.0. The zero-order chi connectivity index (χ0) is 18.5. The Morgan fingerprint density at radius 2 is 1.78 bits per heavy atom. The zero-order valence-corrected chi connectivity index (χ0v) is 14.7. The molecule has 0 unspecified atom stereocenters. The number of fused-ring (bicyclic) bond motifs is 2. The number of hydrogen-bond acceptors (Lipinski definition) is 5. The number of halogens is 2. The first kappa shape index (κ1) is 16.9. The highest BCUT2D eigenvalue weighted by molar-refractivity contribution is 5.97. The quantitative estimate of drug-likeness (QED) is 0.822. The van der Waals surface area contributed by atoms with E-state index in [4.69, 9.17) is 9.26 Å². The summed E-state index contributed by atoms with van der Waals surface area (Å²) in [7, 11) is 0. The number of benzene rings is 1. The minimum atomic E-state index is -0.778. The molecule has 3 atom stereocenters. The summed E-state index contributed by atoms with van der Waals surface area (Å²) < 4.78 is 39.7. The van der Waals surface area contributed by atoms with Crippen molar-refractivity contribution in [2.75, 3.05) is 0 Å². The number of aromatic nitrogens is 1. The van der Waals surface area contributed by atoms with Gasteiger partial charge in [-0.15, -0.1) is 0 Å². The second-order valence-electron chi connectivity index (χ2n) is 7.78. The Bertz CT molecular complexity index is 861. The molecule has 2 saturated heterocycles. The Balaban J connectivity index is 1.49. The molecule has 0 radical (unpaired) electrons. The highest BCUT2D eigenvalue weighted by Gasteiger charge is 2.40. The van der Waals surface area contributed by atoms with Crippen LogP contribution in [0, 0.1) is 11.6 Å². The minimum Gasteiger partial charge on any atom is -0.459 e. The SMILES string of the molecule is O=C(O[C@H]1C[C@H]2CC[C@@H](C1)N2)c1c(-c2c(F)cccc2F)noc1C1CC1. The third-order valence-corrected chi connectivity index (χ3v) is 5.77. The van der Waals surface area contributed by atoms with E-state index in [-0.39, 0.29) is 28.8 Å². The zero-order valence-electron chi connectivity index (χ0n) is 14.7. The molecule has 1 N–H and O–H groups in total. The third-order valence-electron chi connectivity index (χ3n) is 5.77. The topological polar surface area (TPSA) is 64.4 Å². The molecule has 3 heterocycles. The van der Waals surface area contributed by atoms with Gasteiger partial charge in [-0.25, -0.2) is 13.6 Å². The van der Waals surface area contributed by atoms with Crippen LogP contribution in [0.15, 0.2) is 22.7 Å². The molecule has 1 saturated carbocycles. The summed E-state index contributed by atoms with van der Waals surface area (Å²) in [6, 6.07) is 4.30. The Hall–Kier alpha value is -2.28. The van der Waals surface area contributed by atoms with Gasteiger partial charge in [-0.1, -0.05) is 11.2 Å². The summed E-state index contributed by atoms with van der Waals surface area (Å²) in [5, 5.41) is 7.36. The van der Waals surface area contributed by atoms with Gasteiger partial charge in [0.15, 0.2) is 5.76 Å². The maximum Gasteiger partial charge on any atom is 0.344 e. The molecule has 0 amide bonds. The molecule has 0 spiro atoms. The van der Waals surface area contributed by atoms with E-state index in [1.54, 1.807) is 0 Å². The Morgan fingerprint density at radius 1 is 1.11 bits per heavy atom. The van der Waals surface area contributed by atoms with Gasteiger partial charge in [-0.05, 0) is 50.7 Å². The smallest absolute Gasteiger partial charge is 0.344 e. The molecule has 1 aliphatic carbocycles. The van der Waals surface area contributed by atoms with E-state index in [2.05, 4.69) is 10.5 Å². The van der Waals surface area contributed by atoms with Crippen molar-refractivity contribution in [3.05, 3.63) is 41.2 Å². The van der Waals surface area contributed by atoms with Gasteiger partial charge in [0.25, 0.3) is 0 Å². The number of carbonyl (C=O) groups is 1. The lowest BCUT2D eigenvalue weighted by molar-refractivity contribution is 0.0175. The fraction of sp³-hybridized carbons (Fsp3) is 0.500. The Labute approximate surface area is 155 Å². The molecule has 2 bridgehead atoms. The molecule has 5 rings (SSSR count). The van der Waals surface area contributed by atoms with E-state index >= 15 is 0 Å². The fourth-order valence-electron chi connectivity index (χ4n) is 4.33. The van der Waals surface area contributed by atoms with E-state index in [0.717, 1.165) is 50.7 Å². The Kier molecular flexibility index (Phi) is 4.00. The summed E-state index contributed by atoms with van der Waals surface area (Å²) in [5.41, 5.74) is -0.368. The van der Waals surface area contributed by atoms with Gasteiger partial charge in [0.2, 0.25) is 0 Å². The second-order valence-corrected chi connectivity index (χ2v) is 7.78. The number of carbonyl (C=O) groups excluding carboxylic acids is 1. The maximum atomic E-state index is 14.3. The lowest BCUT2D eigenvalue weighted by Gasteiger charge is -2.28. The van der Waals surface area contributed by atoms with E-state index in [1.807, 2.05) is 0 Å². The van der Waals surface area contributed by atoms with Crippen molar-refractivity contribution in [2.45, 2.75) is 62.6 Å². The van der Waals surface area contributed by atoms with Crippen LogP contribution >= 0.6 is 0 Å². The number of nitrogens with one attached hydrogen (secondary N) is 1. The minimum absolute atomic E-state index is 0.0628. The van der Waals surface area contributed by atoms with Crippen LogP contribution in [-0.4, -0.2) is 29.3 Å². The van der Waals surface area contributed by atoms with Crippen molar-refractivity contribution in [3.63, 3.8) is 0 Å². The predicted octanol–water partition coefficient (Wildman–Crippen LogP) is 3.94. The average molecular weight is 374 g/mol. The normalized spacial score (nSPS) is 27.0. The molecule has 7 heteroatoms. The highest BCUT2D eigenvalue weighted by Crippen LogP contribution is 2.45. The molecular formula is C20H20F2N2O3. The number of piperidine rings is 1. The third kappa shape index (κ3) is 3.04. The fourth-order valence-corrected chi connectivity index (χ4v) is 4.33. The molecule has 5 nitrogen and oxygen atoms in total. The van der Waals surface area contributed by atoms with Gasteiger partial charge in [0.1, 0.15) is 29.0 Å². The molecule has 1 aromatic heterocycles. The summed E-state index contributed by atoms with van der Waals surface area (Å²) in [4.78, 5) is 13.0. The largest absolute Gasteiger partial charge is 0.459 e. The van der Waals surface area contributed by atoms with Crippen LogP contribution < -0.4 is 5.32 Å². The lowest BCUT2D eigenvalue weighted by Crippen LogP contribution is -2.42. The van der Waals surface area contributed by atoms with E-state index in [9.17, 15) is 13.6 Å². The summed E-state index contributed by atoms with van der Waals surface area (Å²) >= 11 is 0. The van der Waals surface area contributed by atoms with Gasteiger partial charge in [0, 0.05) is 18.0 Å². The van der Waals surface area contributed by atoms with Crippen molar-refractivity contribution in [3.8, 4) is 11.3 Å². The molecule has 2 aliphatic heterocycles. The number of nitrogens with zero attached hydrogens (tertiary/aromatic N) is 1. The van der Waals surface area contributed by atoms with Gasteiger partial charge in [0.05, 0.1) is 5.56 Å². The first-order valence-corrected chi connectivity index (χ1v) is 9.51. The van der Waals surface area contributed by atoms with Gasteiger partial charge in [-0.2, -0.15) is 0 Å². The number of rotatable bonds is 4. The average Bonchev–Trinajstić information content (AvgIpc) is 3.30. The van der Waals surface area contributed by atoms with Crippen molar-refractivity contribution in [2.24, 2.45) is 0 Å². The van der Waals surface area contributed by atoms with Gasteiger partial charge in [-0.3, -0.25) is 0 Å². The number of ether oxygens (including phenoxy) is 1. The van der Waals surface area contributed by atoms with Crippen molar-refractivity contribution >= 4 is 5.97 Å². The van der Waals surface area contributed by atoms with Crippen molar-refractivity contribution in [1.82, 2.24) is 10.5 Å². The van der Waals surface area contributed by atoms with E-state index < -0.39 is 17.6 Å². The molecule has 27 heavy (non-hydrogen) atoms. The second kappa shape index (κ2) is 6.41. The Morgan fingerprint density at radius 3 is 2.41 bits per heavy atom. The molecule has 1 aromatic carbocycles. The molecule has 3 aliphatic rings. The van der Waals surface area contributed by atoms with Crippen LogP contribution in [0.4, 0.5) is 8.78 Å². The van der Waals surface area contributed by atoms with Crippen LogP contribution in [-0.2, 0) is 4.74 Å². The maximum absolute atomic E-state index is 14.3. The molecule has 2 aromatic rings. The summed E-state index contributed by atoms with van der Waals surface area (Å²) in [5.74, 6) is -1.70. The van der Waals surface area contributed by atoms with Crippen LogP contribution in [0.5, 0.6) is 0 Å². The summed E-state index contributed by atoms with van der Waals surface area (Å²) in [6.45, 7) is 0. The first-order chi connectivity index (χ1) is 13.1. The first-order valence-electron chi connectivity index (χ1n) is 9.51. The molecule has 142 valence electrons. The number of hydrogen-bond donors (Lipinski definition) is 1. The van der Waals surface area contributed by atoms with Crippen molar-refractivity contribution < 1.29 is 22.8 Å². The number of esters is 1. The van der Waals surface area contributed by atoms with Crippen molar-refractivity contribution in [1.29, 1.82) is 0 Å². The van der Waals surface area contributed by atoms with E-state index in [1.165, 1.54) is 6.07 Å². The van der Waals surface area contributed by atoms with Crippen LogP contribution in [0.2, 0.25) is 0 Å². The predicted molar refractivity (Wildman–Crippen MR) is 92.2 cm³/mol. The monoisotopic (exact) mass is 374 g/mol. The van der Waals surface area contributed by atoms with E-state index in [0.29, 0.717) is 17.8 Å². The van der Waals surface area contributed by atoms with Gasteiger partial charge >= 0.3 is 5.97 Å². The van der Waals surface area contributed by atoms with Gasteiger partial charge < -0.3 is 14.6 Å². The standard InChI is InChI=1S/C20H20F2N2O3/c21-14-2-1-3-15(22)16(14)18-17(19(27-24-18)10-4-5-10)20(25)26-13-8-11-6-7-12(9-13)23-11/h1-3,10-13,23H,4-9H2/t11-,12+,13+.